The second kappa shape index (κ2) is 10.6. The van der Waals surface area contributed by atoms with Crippen LogP contribution >= 0.6 is 0 Å². The summed E-state index contributed by atoms with van der Waals surface area (Å²) in [6, 6.07) is 12.3. The van der Waals surface area contributed by atoms with Crippen molar-refractivity contribution in [2.75, 3.05) is 53.1 Å². The number of hydrogen-bond acceptors (Lipinski definition) is 7. The second-order valence-corrected chi connectivity index (χ2v) is 10.9. The molecule has 1 aliphatic heterocycles. The molecule has 1 saturated heterocycles. The van der Waals surface area contributed by atoms with Crippen molar-refractivity contribution in [2.45, 2.75) is 16.7 Å². The summed E-state index contributed by atoms with van der Waals surface area (Å²) in [5, 5.41) is 0. The Kier molecular flexibility index (Phi) is 8.12. The van der Waals surface area contributed by atoms with Gasteiger partial charge in [-0.25, -0.2) is 16.8 Å². The fraction of sp³-hybridized carbons (Fsp3) is 0.429. The Bertz CT molecular complexity index is 1080. The molecule has 2 aromatic rings. The van der Waals surface area contributed by atoms with Gasteiger partial charge in [-0.15, -0.1) is 0 Å². The number of ether oxygens (including phenoxy) is 3. The van der Waals surface area contributed by atoms with Gasteiger partial charge in [0.2, 0.25) is 20.0 Å². The molecule has 0 spiro atoms. The summed E-state index contributed by atoms with van der Waals surface area (Å²) in [5.41, 5.74) is 0. The van der Waals surface area contributed by atoms with Crippen molar-refractivity contribution in [3.05, 3.63) is 48.5 Å². The summed E-state index contributed by atoms with van der Waals surface area (Å²) in [4.78, 5) is 0.288. The van der Waals surface area contributed by atoms with E-state index in [0.29, 0.717) is 31.3 Å². The van der Waals surface area contributed by atoms with Gasteiger partial charge in [-0.05, 0) is 55.5 Å². The number of benzene rings is 2. The van der Waals surface area contributed by atoms with Gasteiger partial charge in [0.25, 0.3) is 0 Å². The first-order valence-corrected chi connectivity index (χ1v) is 13.1. The van der Waals surface area contributed by atoms with Gasteiger partial charge in [0, 0.05) is 32.8 Å². The van der Waals surface area contributed by atoms with Crippen LogP contribution in [0.4, 0.5) is 0 Å². The first-order valence-electron chi connectivity index (χ1n) is 10.2. The molecule has 0 unspecified atom stereocenters. The third-order valence-corrected chi connectivity index (χ3v) is 8.88. The summed E-state index contributed by atoms with van der Waals surface area (Å²) < 4.78 is 70.1. The minimum absolute atomic E-state index is 0.0737. The van der Waals surface area contributed by atoms with Crippen molar-refractivity contribution in [1.29, 1.82) is 0 Å². The Labute approximate surface area is 189 Å². The topological polar surface area (TPSA) is 102 Å². The fourth-order valence-electron chi connectivity index (χ4n) is 3.27. The van der Waals surface area contributed by atoms with Crippen LogP contribution in [0.5, 0.6) is 11.5 Å². The van der Waals surface area contributed by atoms with E-state index < -0.39 is 20.0 Å². The van der Waals surface area contributed by atoms with Gasteiger partial charge in [0.1, 0.15) is 18.1 Å². The van der Waals surface area contributed by atoms with E-state index >= 15 is 0 Å². The first kappa shape index (κ1) is 24.5. The Morgan fingerprint density at radius 3 is 1.56 bits per heavy atom. The van der Waals surface area contributed by atoms with E-state index in [1.165, 1.54) is 40.0 Å². The van der Waals surface area contributed by atoms with Crippen LogP contribution in [-0.2, 0) is 24.8 Å². The Morgan fingerprint density at radius 2 is 1.16 bits per heavy atom. The van der Waals surface area contributed by atoms with Crippen LogP contribution in [0.2, 0.25) is 0 Å². The number of hydrogen-bond donors (Lipinski definition) is 0. The van der Waals surface area contributed by atoms with Crippen molar-refractivity contribution in [1.82, 2.24) is 8.61 Å². The van der Waals surface area contributed by atoms with Crippen LogP contribution < -0.4 is 9.47 Å². The van der Waals surface area contributed by atoms with Crippen LogP contribution in [0.25, 0.3) is 0 Å². The Morgan fingerprint density at radius 1 is 0.719 bits per heavy atom. The molecule has 9 nitrogen and oxygen atoms in total. The first-order chi connectivity index (χ1) is 15.3. The van der Waals surface area contributed by atoms with Crippen molar-refractivity contribution in [3.8, 4) is 11.5 Å². The molecular formula is C21H28N2O7S2. The molecule has 0 N–H and O–H groups in total. The SMILES string of the molecule is CCOCCOc1ccc(S(=O)(=O)N2CCN(S(=O)(=O)c3ccc(OC)cc3)CC2)cc1. The average molecular weight is 485 g/mol. The number of piperazine rings is 1. The molecule has 0 bridgehead atoms. The van der Waals surface area contributed by atoms with E-state index in [-0.39, 0.29) is 36.0 Å². The van der Waals surface area contributed by atoms with Crippen LogP contribution in [0.1, 0.15) is 6.92 Å². The smallest absolute Gasteiger partial charge is 0.243 e. The fourth-order valence-corrected chi connectivity index (χ4v) is 6.11. The van der Waals surface area contributed by atoms with Gasteiger partial charge >= 0.3 is 0 Å². The number of nitrogens with zero attached hydrogens (tertiary/aromatic N) is 2. The van der Waals surface area contributed by atoms with Gasteiger partial charge in [-0.2, -0.15) is 8.61 Å². The maximum atomic E-state index is 13.0. The van der Waals surface area contributed by atoms with Crippen LogP contribution in [0.15, 0.2) is 58.3 Å². The lowest BCUT2D eigenvalue weighted by molar-refractivity contribution is 0.110. The molecule has 32 heavy (non-hydrogen) atoms. The molecule has 1 fully saturated rings. The van der Waals surface area contributed by atoms with Gasteiger partial charge in [0.05, 0.1) is 23.5 Å². The van der Waals surface area contributed by atoms with Crippen LogP contribution in [-0.4, -0.2) is 78.6 Å². The van der Waals surface area contributed by atoms with Gasteiger partial charge in [-0.1, -0.05) is 0 Å². The van der Waals surface area contributed by atoms with Crippen molar-refractivity contribution < 1.29 is 31.0 Å². The predicted molar refractivity (Wildman–Crippen MR) is 119 cm³/mol. The zero-order valence-corrected chi connectivity index (χ0v) is 19.8. The normalized spacial score (nSPS) is 16.1. The molecule has 1 heterocycles. The third-order valence-electron chi connectivity index (χ3n) is 5.06. The highest BCUT2D eigenvalue weighted by Gasteiger charge is 2.33. The third kappa shape index (κ3) is 5.59. The van der Waals surface area contributed by atoms with Gasteiger partial charge in [-0.3, -0.25) is 0 Å². The molecule has 0 radical (unpaired) electrons. The molecule has 11 heteroatoms. The van der Waals surface area contributed by atoms with Crippen molar-refractivity contribution >= 4 is 20.0 Å². The molecule has 0 amide bonds. The lowest BCUT2D eigenvalue weighted by Gasteiger charge is -2.33. The summed E-state index contributed by atoms with van der Waals surface area (Å²) in [6.45, 7) is 3.64. The van der Waals surface area contributed by atoms with E-state index in [0.717, 1.165) is 0 Å². The Hall–Kier alpha value is -2.18. The summed E-state index contributed by atoms with van der Waals surface area (Å²) >= 11 is 0. The lowest BCUT2D eigenvalue weighted by atomic mass is 10.3. The highest BCUT2D eigenvalue weighted by molar-refractivity contribution is 7.89. The van der Waals surface area contributed by atoms with E-state index in [4.69, 9.17) is 14.2 Å². The zero-order chi connectivity index (χ0) is 23.2. The second-order valence-electron chi connectivity index (χ2n) is 7.00. The maximum Gasteiger partial charge on any atom is 0.243 e. The molecule has 0 atom stereocenters. The quantitative estimate of drug-likeness (QED) is 0.474. The minimum atomic E-state index is -3.74. The van der Waals surface area contributed by atoms with E-state index in [9.17, 15) is 16.8 Å². The predicted octanol–water partition coefficient (Wildman–Crippen LogP) is 1.81. The van der Waals surface area contributed by atoms with Gasteiger partial charge in [0.15, 0.2) is 0 Å². The highest BCUT2D eigenvalue weighted by Crippen LogP contribution is 2.24. The molecule has 176 valence electrons. The largest absolute Gasteiger partial charge is 0.497 e. The minimum Gasteiger partial charge on any atom is -0.497 e. The van der Waals surface area contributed by atoms with Crippen molar-refractivity contribution in [2.24, 2.45) is 0 Å². The maximum absolute atomic E-state index is 13.0. The molecular weight excluding hydrogens is 456 g/mol. The number of methoxy groups -OCH3 is 1. The molecule has 0 aromatic heterocycles. The molecule has 2 aromatic carbocycles. The van der Waals surface area contributed by atoms with E-state index in [1.54, 1.807) is 24.3 Å². The molecule has 3 rings (SSSR count). The lowest BCUT2D eigenvalue weighted by Crippen LogP contribution is -2.50. The number of rotatable bonds is 10. The average Bonchev–Trinajstić information content (AvgIpc) is 2.82. The van der Waals surface area contributed by atoms with E-state index in [2.05, 4.69) is 0 Å². The van der Waals surface area contributed by atoms with Gasteiger partial charge < -0.3 is 14.2 Å². The van der Waals surface area contributed by atoms with E-state index in [1.807, 2.05) is 6.92 Å². The van der Waals surface area contributed by atoms with Crippen molar-refractivity contribution in [3.63, 3.8) is 0 Å². The zero-order valence-electron chi connectivity index (χ0n) is 18.1. The van der Waals surface area contributed by atoms with Crippen LogP contribution in [0.3, 0.4) is 0 Å². The highest BCUT2D eigenvalue weighted by atomic mass is 32.2. The molecule has 1 aliphatic rings. The summed E-state index contributed by atoms with van der Waals surface area (Å²) in [7, 11) is -5.94. The Balaban J connectivity index is 1.62. The summed E-state index contributed by atoms with van der Waals surface area (Å²) in [6.07, 6.45) is 0. The standard InChI is InChI=1S/C21H28N2O7S2/c1-3-29-16-17-30-19-6-10-21(11-7-19)32(26,27)23-14-12-22(13-15-23)31(24,25)20-8-4-18(28-2)5-9-20/h4-11H,3,12-17H2,1-2H3. The summed E-state index contributed by atoms with van der Waals surface area (Å²) in [5.74, 6) is 1.12. The molecule has 0 aliphatic carbocycles. The number of sulfonamides is 2. The van der Waals surface area contributed by atoms with Crippen LogP contribution in [0, 0.1) is 0 Å². The monoisotopic (exact) mass is 484 g/mol. The molecule has 0 saturated carbocycles.